The smallest absolute Gasteiger partial charge is 0.336 e. The molecule has 172 valence electrons. The zero-order valence-electron chi connectivity index (χ0n) is 18.5. The van der Waals surface area contributed by atoms with Crippen LogP contribution in [0.15, 0.2) is 12.2 Å². The summed E-state index contributed by atoms with van der Waals surface area (Å²) >= 11 is 0. The van der Waals surface area contributed by atoms with Gasteiger partial charge in [-0.2, -0.15) is 5.26 Å². The van der Waals surface area contributed by atoms with Gasteiger partial charge in [-0.3, -0.25) is 9.59 Å². The van der Waals surface area contributed by atoms with Crippen molar-refractivity contribution >= 4 is 23.8 Å². The summed E-state index contributed by atoms with van der Waals surface area (Å²) in [6.45, 7) is 9.05. The number of nitrogens with one attached hydrogen (secondary N) is 1. The van der Waals surface area contributed by atoms with Gasteiger partial charge in [-0.1, -0.05) is 20.4 Å². The van der Waals surface area contributed by atoms with E-state index in [9.17, 15) is 19.2 Å². The van der Waals surface area contributed by atoms with Gasteiger partial charge in [0.1, 0.15) is 12.1 Å². The average Bonchev–Trinajstić information content (AvgIpc) is 3.17. The number of nitriles is 1. The van der Waals surface area contributed by atoms with Gasteiger partial charge in [0.2, 0.25) is 5.91 Å². The molecule has 9 nitrogen and oxygen atoms in total. The Balaban J connectivity index is 2.79. The fourth-order valence-electron chi connectivity index (χ4n) is 3.15. The standard InChI is InChI=1S/C22H32N2O7/c1-5-15(21(27)31-22(28)18-8-9-19(25)24-18)12-17(30-20(26)14(3)4)13-16(6-2)29-11-7-10-23/h15-18H,3,5-9,11-13H2,1-2,4H3,(H,24,25). The first-order valence-electron chi connectivity index (χ1n) is 10.6. The van der Waals surface area contributed by atoms with Gasteiger partial charge in [0.05, 0.1) is 31.1 Å². The molecule has 31 heavy (non-hydrogen) atoms. The summed E-state index contributed by atoms with van der Waals surface area (Å²) in [5.74, 6) is -3.01. The minimum atomic E-state index is -0.816. The molecular weight excluding hydrogens is 404 g/mol. The maximum absolute atomic E-state index is 12.6. The van der Waals surface area contributed by atoms with Crippen molar-refractivity contribution in [3.05, 3.63) is 12.2 Å². The number of carbonyl (C=O) groups is 4. The zero-order chi connectivity index (χ0) is 23.4. The molecule has 1 rings (SSSR count). The second kappa shape index (κ2) is 13.5. The van der Waals surface area contributed by atoms with Crippen molar-refractivity contribution in [2.24, 2.45) is 5.92 Å². The molecule has 0 aromatic rings. The Morgan fingerprint density at radius 2 is 1.94 bits per heavy atom. The average molecular weight is 437 g/mol. The molecule has 0 spiro atoms. The number of carbonyl (C=O) groups excluding carboxylic acids is 4. The molecule has 0 aromatic heterocycles. The van der Waals surface area contributed by atoms with E-state index in [2.05, 4.69) is 11.9 Å². The molecule has 0 aromatic carbocycles. The highest BCUT2D eigenvalue weighted by Crippen LogP contribution is 2.22. The molecule has 1 N–H and O–H groups in total. The van der Waals surface area contributed by atoms with Crippen LogP contribution >= 0.6 is 0 Å². The number of ether oxygens (including phenoxy) is 3. The van der Waals surface area contributed by atoms with E-state index in [1.165, 1.54) is 6.92 Å². The highest BCUT2D eigenvalue weighted by atomic mass is 16.6. The van der Waals surface area contributed by atoms with Crippen LogP contribution in [-0.2, 0) is 33.4 Å². The fraction of sp³-hybridized carbons (Fsp3) is 0.682. The van der Waals surface area contributed by atoms with Crippen molar-refractivity contribution < 1.29 is 33.4 Å². The van der Waals surface area contributed by atoms with E-state index in [1.54, 1.807) is 6.92 Å². The van der Waals surface area contributed by atoms with Crippen LogP contribution in [-0.4, -0.2) is 48.7 Å². The van der Waals surface area contributed by atoms with Crippen LogP contribution in [0.3, 0.4) is 0 Å². The van der Waals surface area contributed by atoms with Gasteiger partial charge in [-0.25, -0.2) is 9.59 Å². The summed E-state index contributed by atoms with van der Waals surface area (Å²) in [7, 11) is 0. The lowest BCUT2D eigenvalue weighted by atomic mass is 9.95. The van der Waals surface area contributed by atoms with E-state index >= 15 is 0 Å². The number of esters is 3. The van der Waals surface area contributed by atoms with E-state index in [-0.39, 0.29) is 43.5 Å². The summed E-state index contributed by atoms with van der Waals surface area (Å²) in [6.07, 6.45) is 1.32. The number of rotatable bonds is 13. The molecule has 1 aliphatic heterocycles. The van der Waals surface area contributed by atoms with Gasteiger partial charge in [0.15, 0.2) is 0 Å². The second-order valence-electron chi connectivity index (χ2n) is 7.59. The summed E-state index contributed by atoms with van der Waals surface area (Å²) in [4.78, 5) is 48.1. The van der Waals surface area contributed by atoms with Crippen molar-refractivity contribution in [3.8, 4) is 6.07 Å². The molecular formula is C22H32N2O7. The van der Waals surface area contributed by atoms with Crippen molar-refractivity contribution in [3.63, 3.8) is 0 Å². The molecule has 1 heterocycles. The largest absolute Gasteiger partial charge is 0.459 e. The molecule has 0 aliphatic carbocycles. The Morgan fingerprint density at radius 3 is 2.45 bits per heavy atom. The third-order valence-electron chi connectivity index (χ3n) is 5.03. The third kappa shape index (κ3) is 9.30. The molecule has 1 aliphatic rings. The second-order valence-corrected chi connectivity index (χ2v) is 7.59. The normalized spacial score (nSPS) is 18.3. The number of hydrogen-bond donors (Lipinski definition) is 1. The minimum absolute atomic E-state index is 0.150. The molecule has 1 saturated heterocycles. The molecule has 0 saturated carbocycles. The van der Waals surface area contributed by atoms with Crippen molar-refractivity contribution in [2.45, 2.75) is 84.0 Å². The number of amides is 1. The van der Waals surface area contributed by atoms with Gasteiger partial charge < -0.3 is 19.5 Å². The molecule has 4 unspecified atom stereocenters. The summed E-state index contributed by atoms with van der Waals surface area (Å²) in [6, 6.07) is 1.19. The van der Waals surface area contributed by atoms with E-state index in [0.717, 1.165) is 0 Å². The van der Waals surface area contributed by atoms with Gasteiger partial charge in [0.25, 0.3) is 0 Å². The third-order valence-corrected chi connectivity index (χ3v) is 5.03. The van der Waals surface area contributed by atoms with Gasteiger partial charge >= 0.3 is 17.9 Å². The highest BCUT2D eigenvalue weighted by molar-refractivity contribution is 5.94. The van der Waals surface area contributed by atoms with Gasteiger partial charge in [-0.15, -0.1) is 0 Å². The van der Waals surface area contributed by atoms with Crippen molar-refractivity contribution in [1.29, 1.82) is 5.26 Å². The Morgan fingerprint density at radius 1 is 1.23 bits per heavy atom. The monoisotopic (exact) mass is 436 g/mol. The lowest BCUT2D eigenvalue weighted by molar-refractivity contribution is -0.166. The Labute approximate surface area is 183 Å². The van der Waals surface area contributed by atoms with Gasteiger partial charge in [0, 0.05) is 18.4 Å². The van der Waals surface area contributed by atoms with Gasteiger partial charge in [-0.05, 0) is 32.6 Å². The molecule has 0 radical (unpaired) electrons. The molecule has 1 amide bonds. The number of hydrogen-bond acceptors (Lipinski definition) is 8. The maximum atomic E-state index is 12.6. The lowest BCUT2D eigenvalue weighted by Gasteiger charge is -2.26. The Bertz CT molecular complexity index is 713. The SMILES string of the molecule is C=C(C)C(=O)OC(CC(CC)OCCC#N)CC(CC)C(=O)OC(=O)C1CCC(=O)N1. The summed E-state index contributed by atoms with van der Waals surface area (Å²) in [5.41, 5.74) is 0.228. The topological polar surface area (TPSA) is 132 Å². The van der Waals surface area contributed by atoms with Crippen LogP contribution in [0.2, 0.25) is 0 Å². The summed E-state index contributed by atoms with van der Waals surface area (Å²) < 4.78 is 16.2. The van der Waals surface area contributed by atoms with Crippen molar-refractivity contribution in [1.82, 2.24) is 5.32 Å². The van der Waals surface area contributed by atoms with Crippen LogP contribution in [0.4, 0.5) is 0 Å². The maximum Gasteiger partial charge on any atom is 0.336 e. The predicted octanol–water partition coefficient (Wildman–Crippen LogP) is 2.34. The zero-order valence-corrected chi connectivity index (χ0v) is 18.5. The lowest BCUT2D eigenvalue weighted by Crippen LogP contribution is -2.37. The molecule has 9 heteroatoms. The number of nitrogens with zero attached hydrogens (tertiary/aromatic N) is 1. The first-order chi connectivity index (χ1) is 14.7. The van der Waals surface area contributed by atoms with Crippen LogP contribution in [0, 0.1) is 17.2 Å². The van der Waals surface area contributed by atoms with E-state index < -0.39 is 36.0 Å². The Kier molecular flexibility index (Phi) is 11.5. The molecule has 4 atom stereocenters. The highest BCUT2D eigenvalue weighted by Gasteiger charge is 2.33. The van der Waals surface area contributed by atoms with E-state index in [1.807, 2.05) is 13.0 Å². The van der Waals surface area contributed by atoms with Crippen molar-refractivity contribution in [2.75, 3.05) is 6.61 Å². The quantitative estimate of drug-likeness (QED) is 0.201. The van der Waals surface area contributed by atoms with Crippen LogP contribution in [0.25, 0.3) is 0 Å². The van der Waals surface area contributed by atoms with E-state index in [4.69, 9.17) is 19.5 Å². The Hall–Kier alpha value is -2.73. The molecule has 1 fully saturated rings. The molecule has 0 bridgehead atoms. The minimum Gasteiger partial charge on any atom is -0.459 e. The predicted molar refractivity (Wildman–Crippen MR) is 110 cm³/mol. The fourth-order valence-corrected chi connectivity index (χ4v) is 3.15. The first kappa shape index (κ1) is 26.3. The van der Waals surface area contributed by atoms with Crippen LogP contribution in [0.1, 0.15) is 65.7 Å². The summed E-state index contributed by atoms with van der Waals surface area (Å²) in [5, 5.41) is 11.1. The van der Waals surface area contributed by atoms with Crippen LogP contribution < -0.4 is 5.32 Å². The first-order valence-corrected chi connectivity index (χ1v) is 10.6. The van der Waals surface area contributed by atoms with Crippen LogP contribution in [0.5, 0.6) is 0 Å². The van der Waals surface area contributed by atoms with E-state index in [0.29, 0.717) is 25.7 Å².